The predicted octanol–water partition coefficient (Wildman–Crippen LogP) is 7.97. The lowest BCUT2D eigenvalue weighted by Crippen LogP contribution is -2.19. The molecule has 5 aromatic carbocycles. The smallest absolute Gasteiger partial charge is 0.238 e. The van der Waals surface area contributed by atoms with Crippen LogP contribution < -0.4 is 5.32 Å². The number of benzene rings is 4. The Kier molecular flexibility index (Phi) is 5.37. The Hall–Kier alpha value is -6.19. The SMILES string of the molecule is c1c2c3ccccc3n(C3=CC=CCN3)c2c2c(c#1)c1ccccc1n2-c1nc(-c2ccccc2)nc(-c2ccccc2)n1. The molecule has 0 atom stereocenters. The normalized spacial score (nSPS) is 13.0. The summed E-state index contributed by atoms with van der Waals surface area (Å²) in [5.41, 5.74) is 5.93. The summed E-state index contributed by atoms with van der Waals surface area (Å²) in [6, 6.07) is 44.1. The number of para-hydroxylation sites is 2. The summed E-state index contributed by atoms with van der Waals surface area (Å²) in [7, 11) is 0. The molecule has 1 N–H and O–H groups in total. The predicted molar refractivity (Wildman–Crippen MR) is 177 cm³/mol. The van der Waals surface area contributed by atoms with Crippen LogP contribution in [0.2, 0.25) is 0 Å². The quantitative estimate of drug-likeness (QED) is 0.236. The van der Waals surface area contributed by atoms with Gasteiger partial charge >= 0.3 is 0 Å². The molecule has 0 aliphatic carbocycles. The zero-order valence-electron chi connectivity index (χ0n) is 23.6. The van der Waals surface area contributed by atoms with Gasteiger partial charge in [0.05, 0.1) is 32.8 Å². The van der Waals surface area contributed by atoms with E-state index in [2.05, 4.69) is 93.3 Å². The molecule has 44 heavy (non-hydrogen) atoms. The van der Waals surface area contributed by atoms with Gasteiger partial charge in [0, 0.05) is 28.4 Å². The molecule has 206 valence electrons. The van der Waals surface area contributed by atoms with E-state index in [0.717, 1.165) is 67.1 Å². The number of nitrogens with one attached hydrogen (secondary N) is 1. The molecule has 0 bridgehead atoms. The van der Waals surface area contributed by atoms with Gasteiger partial charge in [-0.15, -0.1) is 0 Å². The van der Waals surface area contributed by atoms with E-state index in [9.17, 15) is 0 Å². The van der Waals surface area contributed by atoms with Crippen LogP contribution in [0.3, 0.4) is 0 Å². The van der Waals surface area contributed by atoms with Crippen molar-refractivity contribution in [2.45, 2.75) is 0 Å². The molecule has 0 amide bonds. The van der Waals surface area contributed by atoms with E-state index in [4.69, 9.17) is 15.0 Å². The molecule has 0 radical (unpaired) electrons. The minimum Gasteiger partial charge on any atom is -0.368 e. The Bertz CT molecular complexity index is 2370. The van der Waals surface area contributed by atoms with Gasteiger partial charge in [-0.1, -0.05) is 121 Å². The monoisotopic (exact) mass is 564 g/mol. The molecule has 0 saturated carbocycles. The fourth-order valence-corrected chi connectivity index (χ4v) is 6.26. The van der Waals surface area contributed by atoms with Crippen LogP contribution >= 0.6 is 0 Å². The Balaban J connectivity index is 1.47. The average Bonchev–Trinajstić information content (AvgIpc) is 3.62. The van der Waals surface area contributed by atoms with Crippen LogP contribution in [-0.4, -0.2) is 30.6 Å². The van der Waals surface area contributed by atoms with Crippen LogP contribution in [0.5, 0.6) is 0 Å². The van der Waals surface area contributed by atoms with E-state index in [-0.39, 0.29) is 0 Å². The van der Waals surface area contributed by atoms with Crippen molar-refractivity contribution in [2.24, 2.45) is 0 Å². The number of hydrogen-bond acceptors (Lipinski definition) is 4. The van der Waals surface area contributed by atoms with E-state index in [1.807, 2.05) is 60.7 Å². The Labute approximate surface area is 253 Å². The Morgan fingerprint density at radius 3 is 1.66 bits per heavy atom. The molecule has 0 spiro atoms. The van der Waals surface area contributed by atoms with Crippen LogP contribution in [0.4, 0.5) is 0 Å². The first-order valence-electron chi connectivity index (χ1n) is 14.6. The third-order valence-electron chi connectivity index (χ3n) is 8.21. The van der Waals surface area contributed by atoms with E-state index >= 15 is 0 Å². The Morgan fingerprint density at radius 1 is 0.568 bits per heavy atom. The molecule has 1 aliphatic rings. The van der Waals surface area contributed by atoms with Crippen molar-refractivity contribution in [1.29, 1.82) is 0 Å². The topological polar surface area (TPSA) is 60.6 Å². The van der Waals surface area contributed by atoms with Crippen molar-refractivity contribution in [2.75, 3.05) is 6.54 Å². The van der Waals surface area contributed by atoms with Gasteiger partial charge in [-0.3, -0.25) is 9.13 Å². The summed E-state index contributed by atoms with van der Waals surface area (Å²) in [6.45, 7) is 0.753. The van der Waals surface area contributed by atoms with Gasteiger partial charge in [-0.25, -0.2) is 4.98 Å². The van der Waals surface area contributed by atoms with Gasteiger partial charge in [0.15, 0.2) is 11.6 Å². The van der Waals surface area contributed by atoms with Gasteiger partial charge in [-0.2, -0.15) is 9.97 Å². The largest absolute Gasteiger partial charge is 0.368 e. The number of dihydropyridines is 1. The fourth-order valence-electron chi connectivity index (χ4n) is 6.26. The minimum atomic E-state index is 0.548. The lowest BCUT2D eigenvalue weighted by Gasteiger charge is -2.17. The molecular formula is C38H24N6. The molecule has 3 aromatic heterocycles. The van der Waals surface area contributed by atoms with Gasteiger partial charge < -0.3 is 5.32 Å². The summed E-state index contributed by atoms with van der Waals surface area (Å²) in [6.07, 6.45) is 6.34. The molecule has 6 nitrogen and oxygen atoms in total. The zero-order valence-corrected chi connectivity index (χ0v) is 23.6. The lowest BCUT2D eigenvalue weighted by atomic mass is 10.1. The maximum Gasteiger partial charge on any atom is 0.238 e. The number of allylic oxidation sites excluding steroid dienone is 2. The number of hydrogen-bond donors (Lipinski definition) is 1. The summed E-state index contributed by atoms with van der Waals surface area (Å²) in [4.78, 5) is 15.2. The van der Waals surface area contributed by atoms with E-state index in [0.29, 0.717) is 17.6 Å². The second kappa shape index (κ2) is 9.69. The number of nitrogens with zero attached hydrogens (tertiary/aromatic N) is 5. The van der Waals surface area contributed by atoms with Gasteiger partial charge in [0.2, 0.25) is 5.95 Å². The molecule has 0 unspecified atom stereocenters. The van der Waals surface area contributed by atoms with Crippen molar-refractivity contribution in [3.63, 3.8) is 0 Å². The van der Waals surface area contributed by atoms with Crippen LogP contribution in [0.25, 0.3) is 78.2 Å². The van der Waals surface area contributed by atoms with Crippen molar-refractivity contribution >= 4 is 49.4 Å². The van der Waals surface area contributed by atoms with Crippen LogP contribution in [0.1, 0.15) is 0 Å². The van der Waals surface area contributed by atoms with E-state index < -0.39 is 0 Å². The third kappa shape index (κ3) is 3.67. The van der Waals surface area contributed by atoms with Gasteiger partial charge in [0.1, 0.15) is 5.82 Å². The number of rotatable bonds is 4. The second-order valence-corrected chi connectivity index (χ2v) is 10.8. The van der Waals surface area contributed by atoms with Gasteiger partial charge in [-0.05, 0) is 18.2 Å². The highest BCUT2D eigenvalue weighted by Crippen LogP contribution is 2.39. The summed E-state index contributed by atoms with van der Waals surface area (Å²) in [5, 5.41) is 7.72. The van der Waals surface area contributed by atoms with Crippen LogP contribution in [-0.2, 0) is 0 Å². The van der Waals surface area contributed by atoms with E-state index in [1.165, 1.54) is 0 Å². The zero-order chi connectivity index (χ0) is 29.0. The number of fused-ring (bicyclic) bond motifs is 7. The molecule has 9 rings (SSSR count). The van der Waals surface area contributed by atoms with Crippen molar-refractivity contribution in [3.8, 4) is 28.7 Å². The Morgan fingerprint density at radius 2 is 1.09 bits per heavy atom. The first-order valence-corrected chi connectivity index (χ1v) is 14.6. The van der Waals surface area contributed by atoms with Crippen molar-refractivity contribution in [3.05, 3.63) is 140 Å². The second-order valence-electron chi connectivity index (χ2n) is 10.8. The molecule has 8 aromatic rings. The lowest BCUT2D eigenvalue weighted by molar-refractivity contribution is 0.919. The fraction of sp³-hybridized carbons (Fsp3) is 0.0263. The standard InChI is InChI=1S/C38H24N6/c1-3-13-25(14-4-1)36-40-37(26-15-5-2-6-16-26)42-38(41-36)44-32-20-10-8-18-28(32)30-23-22-29-27-17-7-9-19-31(27)43(34(29)35(30)44)33-21-11-12-24-39-33/h1-21,39H,24H2. The summed E-state index contributed by atoms with van der Waals surface area (Å²) >= 11 is 0. The molecule has 0 saturated heterocycles. The highest BCUT2D eigenvalue weighted by Gasteiger charge is 2.23. The van der Waals surface area contributed by atoms with Crippen molar-refractivity contribution in [1.82, 2.24) is 29.4 Å². The van der Waals surface area contributed by atoms with Crippen LogP contribution in [0, 0.1) is 12.1 Å². The average molecular weight is 565 g/mol. The molecule has 6 heteroatoms. The maximum atomic E-state index is 5.14. The summed E-state index contributed by atoms with van der Waals surface area (Å²) < 4.78 is 4.47. The van der Waals surface area contributed by atoms with E-state index in [1.54, 1.807) is 0 Å². The molecular weight excluding hydrogens is 540 g/mol. The minimum absolute atomic E-state index is 0.548. The summed E-state index contributed by atoms with van der Waals surface area (Å²) in [5.74, 6) is 2.78. The maximum absolute atomic E-state index is 5.14. The van der Waals surface area contributed by atoms with Gasteiger partial charge in [0.25, 0.3) is 0 Å². The first-order chi connectivity index (χ1) is 21.8. The molecule has 1 aliphatic heterocycles. The highest BCUT2D eigenvalue weighted by molar-refractivity contribution is 6.22. The number of aromatic nitrogens is 5. The molecule has 4 heterocycles. The third-order valence-corrected chi connectivity index (χ3v) is 8.21. The van der Waals surface area contributed by atoms with Crippen molar-refractivity contribution < 1.29 is 0 Å². The highest BCUT2D eigenvalue weighted by atomic mass is 15.2. The molecule has 0 fully saturated rings. The first kappa shape index (κ1) is 24.4. The van der Waals surface area contributed by atoms with Crippen LogP contribution in [0.15, 0.2) is 127 Å².